The fourth-order valence-corrected chi connectivity index (χ4v) is 5.91. The van der Waals surface area contributed by atoms with Crippen molar-refractivity contribution in [2.24, 2.45) is 17.8 Å². The minimum Gasteiger partial charge on any atom is -0.477 e. The molecule has 2 aliphatic rings. The number of carbonyl (C=O) groups is 1. The second-order valence-corrected chi connectivity index (χ2v) is 9.30. The number of rotatable bonds is 5. The van der Waals surface area contributed by atoms with Crippen LogP contribution in [0, 0.1) is 35.2 Å². The van der Waals surface area contributed by atoms with Crippen LogP contribution in [-0.2, 0) is 0 Å². The molecule has 0 heterocycles. The molecule has 162 valence electrons. The summed E-state index contributed by atoms with van der Waals surface area (Å²) in [6, 6.07) is 3.92. The maximum Gasteiger partial charge on any atom is 0.341 e. The molecular formula is C25H29F3O2. The zero-order chi connectivity index (χ0) is 21.4. The Morgan fingerprint density at radius 2 is 1.73 bits per heavy atom. The van der Waals surface area contributed by atoms with Gasteiger partial charge in [0.2, 0.25) is 0 Å². The number of hydrogen-bond acceptors (Lipinski definition) is 1. The molecule has 0 spiro atoms. The Bertz CT molecular complexity index is 955. The van der Waals surface area contributed by atoms with Crippen molar-refractivity contribution in [1.82, 2.24) is 0 Å². The highest BCUT2D eigenvalue weighted by Crippen LogP contribution is 2.48. The summed E-state index contributed by atoms with van der Waals surface area (Å²) in [6.45, 7) is 2.24. The van der Waals surface area contributed by atoms with Crippen molar-refractivity contribution in [3.8, 4) is 0 Å². The molecule has 0 bridgehead atoms. The van der Waals surface area contributed by atoms with Gasteiger partial charge in [-0.3, -0.25) is 0 Å². The smallest absolute Gasteiger partial charge is 0.341 e. The van der Waals surface area contributed by atoms with Crippen LogP contribution < -0.4 is 0 Å². The van der Waals surface area contributed by atoms with Crippen LogP contribution in [0.3, 0.4) is 0 Å². The first-order valence-corrected chi connectivity index (χ1v) is 11.2. The van der Waals surface area contributed by atoms with Crippen LogP contribution in [0.4, 0.5) is 13.2 Å². The zero-order valence-electron chi connectivity index (χ0n) is 17.4. The number of halogens is 3. The summed E-state index contributed by atoms with van der Waals surface area (Å²) < 4.78 is 43.4. The quantitative estimate of drug-likeness (QED) is 0.548. The van der Waals surface area contributed by atoms with E-state index in [0.717, 1.165) is 42.7 Å². The number of unbranched alkanes of at least 4 members (excludes halogenated alkanes) is 1. The third-order valence-electron chi connectivity index (χ3n) is 7.48. The van der Waals surface area contributed by atoms with Crippen molar-refractivity contribution in [2.75, 3.05) is 0 Å². The zero-order valence-corrected chi connectivity index (χ0v) is 17.4. The largest absolute Gasteiger partial charge is 0.477 e. The van der Waals surface area contributed by atoms with Gasteiger partial charge in [-0.05, 0) is 78.9 Å². The summed E-state index contributed by atoms with van der Waals surface area (Å²) >= 11 is 0. The standard InChI is InChI=1S/C25H29F3O2/c1-2-3-4-14-5-6-16-10-17(8-7-15(16)9-14)18-11-19-13-21(27)23(25(29)30)24(28)22(19)20(26)12-18/h11-17H,2-10H2,1H3,(H,29,30). The van der Waals surface area contributed by atoms with Crippen LogP contribution in [0.25, 0.3) is 10.8 Å². The van der Waals surface area contributed by atoms with Gasteiger partial charge in [-0.25, -0.2) is 18.0 Å². The SMILES string of the molecule is CCCCC1CCC2CC(c3cc(F)c4c(F)c(C(=O)O)c(F)cc4c3)CCC2C1. The van der Waals surface area contributed by atoms with E-state index in [-0.39, 0.29) is 11.3 Å². The maximum absolute atomic E-state index is 14.8. The molecule has 2 aromatic rings. The highest BCUT2D eigenvalue weighted by atomic mass is 19.1. The molecule has 5 heteroatoms. The van der Waals surface area contributed by atoms with Gasteiger partial charge in [0.1, 0.15) is 17.2 Å². The van der Waals surface area contributed by atoms with Crippen molar-refractivity contribution in [3.05, 3.63) is 46.8 Å². The van der Waals surface area contributed by atoms with E-state index in [1.807, 2.05) is 0 Å². The van der Waals surface area contributed by atoms with E-state index in [2.05, 4.69) is 6.92 Å². The molecule has 2 saturated carbocycles. The molecule has 2 aliphatic carbocycles. The molecule has 4 unspecified atom stereocenters. The van der Waals surface area contributed by atoms with E-state index >= 15 is 0 Å². The summed E-state index contributed by atoms with van der Waals surface area (Å²) in [6.07, 6.45) is 10.8. The van der Waals surface area contributed by atoms with Gasteiger partial charge in [-0.15, -0.1) is 0 Å². The molecule has 0 aromatic heterocycles. The second kappa shape index (κ2) is 8.60. The number of carboxylic acids is 1. The second-order valence-electron chi connectivity index (χ2n) is 9.30. The summed E-state index contributed by atoms with van der Waals surface area (Å²) in [5.41, 5.74) is -0.331. The lowest BCUT2D eigenvalue weighted by molar-refractivity contribution is 0.0687. The minimum atomic E-state index is -1.73. The molecule has 1 N–H and O–H groups in total. The summed E-state index contributed by atoms with van der Waals surface area (Å²) in [5, 5.41) is 8.68. The van der Waals surface area contributed by atoms with Gasteiger partial charge in [0.15, 0.2) is 5.82 Å². The molecular weight excluding hydrogens is 389 g/mol. The molecule has 0 aliphatic heterocycles. The van der Waals surface area contributed by atoms with E-state index in [0.29, 0.717) is 5.92 Å². The maximum atomic E-state index is 14.8. The van der Waals surface area contributed by atoms with Gasteiger partial charge in [0, 0.05) is 0 Å². The number of carboxylic acid groups (broad SMARTS) is 1. The fraction of sp³-hybridized carbons (Fsp3) is 0.560. The highest BCUT2D eigenvalue weighted by molar-refractivity contribution is 5.96. The summed E-state index contributed by atoms with van der Waals surface area (Å²) in [7, 11) is 0. The van der Waals surface area contributed by atoms with Crippen molar-refractivity contribution in [1.29, 1.82) is 0 Å². The Labute approximate surface area is 175 Å². The average molecular weight is 418 g/mol. The highest BCUT2D eigenvalue weighted by Gasteiger charge is 2.36. The Hall–Kier alpha value is -2.04. The first kappa shape index (κ1) is 21.2. The third-order valence-corrected chi connectivity index (χ3v) is 7.48. The van der Waals surface area contributed by atoms with Crippen LogP contribution in [-0.4, -0.2) is 11.1 Å². The van der Waals surface area contributed by atoms with E-state index in [1.165, 1.54) is 44.6 Å². The van der Waals surface area contributed by atoms with E-state index in [1.54, 1.807) is 6.07 Å². The number of aromatic carboxylic acids is 1. The molecule has 2 fully saturated rings. The monoisotopic (exact) mass is 418 g/mol. The lowest BCUT2D eigenvalue weighted by Gasteiger charge is -2.42. The normalized spacial score (nSPS) is 26.5. The molecule has 4 rings (SSSR count). The first-order chi connectivity index (χ1) is 14.4. The Kier molecular flexibility index (Phi) is 6.08. The molecule has 0 saturated heterocycles. The van der Waals surface area contributed by atoms with Crippen LogP contribution in [0.2, 0.25) is 0 Å². The minimum absolute atomic E-state index is 0.0930. The van der Waals surface area contributed by atoms with Crippen LogP contribution in [0.15, 0.2) is 18.2 Å². The van der Waals surface area contributed by atoms with Gasteiger partial charge in [0.25, 0.3) is 0 Å². The Morgan fingerprint density at radius 1 is 1.00 bits per heavy atom. The van der Waals surface area contributed by atoms with Gasteiger partial charge in [-0.1, -0.05) is 38.7 Å². The van der Waals surface area contributed by atoms with Gasteiger partial charge in [0.05, 0.1) is 5.39 Å². The van der Waals surface area contributed by atoms with E-state index in [9.17, 15) is 18.0 Å². The summed E-state index contributed by atoms with van der Waals surface area (Å²) in [5.74, 6) is -2.64. The number of hydrogen-bond donors (Lipinski definition) is 1. The van der Waals surface area contributed by atoms with Gasteiger partial charge >= 0.3 is 5.97 Å². The number of fused-ring (bicyclic) bond motifs is 2. The molecule has 30 heavy (non-hydrogen) atoms. The van der Waals surface area contributed by atoms with Crippen LogP contribution >= 0.6 is 0 Å². The predicted molar refractivity (Wildman–Crippen MR) is 111 cm³/mol. The molecule has 0 radical (unpaired) electrons. The Balaban J connectivity index is 1.56. The molecule has 4 atom stereocenters. The third kappa shape index (κ3) is 3.95. The van der Waals surface area contributed by atoms with Crippen molar-refractivity contribution in [2.45, 2.75) is 70.6 Å². The lowest BCUT2D eigenvalue weighted by Crippen LogP contribution is -2.30. The van der Waals surface area contributed by atoms with Crippen molar-refractivity contribution in [3.63, 3.8) is 0 Å². The number of benzene rings is 2. The van der Waals surface area contributed by atoms with Gasteiger partial charge in [-0.2, -0.15) is 0 Å². The van der Waals surface area contributed by atoms with Crippen LogP contribution in [0.5, 0.6) is 0 Å². The van der Waals surface area contributed by atoms with Crippen molar-refractivity contribution < 1.29 is 23.1 Å². The van der Waals surface area contributed by atoms with Gasteiger partial charge < -0.3 is 5.11 Å². The molecule has 2 aromatic carbocycles. The van der Waals surface area contributed by atoms with E-state index < -0.39 is 34.4 Å². The summed E-state index contributed by atoms with van der Waals surface area (Å²) in [4.78, 5) is 11.1. The predicted octanol–water partition coefficient (Wildman–Crippen LogP) is 7.45. The molecule has 0 amide bonds. The van der Waals surface area contributed by atoms with Crippen LogP contribution in [0.1, 0.15) is 86.6 Å². The van der Waals surface area contributed by atoms with Crippen molar-refractivity contribution >= 4 is 16.7 Å². The average Bonchev–Trinajstić information content (AvgIpc) is 2.70. The first-order valence-electron chi connectivity index (χ1n) is 11.2. The Morgan fingerprint density at radius 3 is 2.47 bits per heavy atom. The van der Waals surface area contributed by atoms with E-state index in [4.69, 9.17) is 5.11 Å². The fourth-order valence-electron chi connectivity index (χ4n) is 5.91. The molecule has 2 nitrogen and oxygen atoms in total. The topological polar surface area (TPSA) is 37.3 Å². The lowest BCUT2D eigenvalue weighted by atomic mass is 9.63.